The zero-order valence-corrected chi connectivity index (χ0v) is 9.11. The summed E-state index contributed by atoms with van der Waals surface area (Å²) < 4.78 is 5.06. The molecule has 1 N–H and O–H groups in total. The first-order valence-electron chi connectivity index (χ1n) is 4.60. The first-order chi connectivity index (χ1) is 6.74. The fraction of sp³-hybridized carbons (Fsp3) is 0.500. The Labute approximate surface area is 88.4 Å². The number of aromatic nitrogens is 1. The van der Waals surface area contributed by atoms with Crippen molar-refractivity contribution in [2.45, 2.75) is 26.6 Å². The molecule has 0 aliphatic carbocycles. The Bertz CT molecular complexity index is 366. The van der Waals surface area contributed by atoms with Crippen LogP contribution in [0.4, 0.5) is 0 Å². The largest absolute Gasteiger partial charge is 0.378 e. The standard InChI is InChI=1S/C10H13ClN2O/c1-6-7-3-12-4-8(7)13-9(5-14-2)10(6)11/h12H,3-5H2,1-2H3. The van der Waals surface area contributed by atoms with Crippen molar-refractivity contribution in [3.63, 3.8) is 0 Å². The zero-order chi connectivity index (χ0) is 10.1. The van der Waals surface area contributed by atoms with Gasteiger partial charge in [0.2, 0.25) is 0 Å². The molecule has 76 valence electrons. The quantitative estimate of drug-likeness (QED) is 0.812. The highest BCUT2D eigenvalue weighted by Gasteiger charge is 2.18. The van der Waals surface area contributed by atoms with E-state index in [1.165, 1.54) is 5.56 Å². The van der Waals surface area contributed by atoms with Gasteiger partial charge >= 0.3 is 0 Å². The van der Waals surface area contributed by atoms with Gasteiger partial charge in [0.15, 0.2) is 0 Å². The van der Waals surface area contributed by atoms with Crippen LogP contribution in [0.3, 0.4) is 0 Å². The predicted molar refractivity (Wildman–Crippen MR) is 55.2 cm³/mol. The molecule has 3 nitrogen and oxygen atoms in total. The lowest BCUT2D eigenvalue weighted by Gasteiger charge is -2.09. The van der Waals surface area contributed by atoms with Crippen molar-refractivity contribution in [3.05, 3.63) is 27.5 Å². The van der Waals surface area contributed by atoms with Gasteiger partial charge in [-0.05, 0) is 18.1 Å². The molecular weight excluding hydrogens is 200 g/mol. The summed E-state index contributed by atoms with van der Waals surface area (Å²) in [5.41, 5.74) is 4.33. The minimum Gasteiger partial charge on any atom is -0.378 e. The topological polar surface area (TPSA) is 34.1 Å². The van der Waals surface area contributed by atoms with Crippen LogP contribution in [0.15, 0.2) is 0 Å². The van der Waals surface area contributed by atoms with E-state index in [0.29, 0.717) is 6.61 Å². The van der Waals surface area contributed by atoms with Crippen LogP contribution < -0.4 is 5.32 Å². The van der Waals surface area contributed by atoms with Gasteiger partial charge in [-0.25, -0.2) is 0 Å². The summed E-state index contributed by atoms with van der Waals surface area (Å²) in [7, 11) is 1.65. The summed E-state index contributed by atoms with van der Waals surface area (Å²) in [4.78, 5) is 4.48. The average molecular weight is 213 g/mol. The number of methoxy groups -OCH3 is 1. The van der Waals surface area contributed by atoms with E-state index in [2.05, 4.69) is 10.3 Å². The van der Waals surface area contributed by atoms with Crippen LogP contribution in [-0.2, 0) is 24.4 Å². The minimum atomic E-state index is 0.479. The first-order valence-corrected chi connectivity index (χ1v) is 4.98. The van der Waals surface area contributed by atoms with Gasteiger partial charge in [-0.3, -0.25) is 4.98 Å². The minimum absolute atomic E-state index is 0.479. The van der Waals surface area contributed by atoms with Gasteiger partial charge in [0.1, 0.15) is 0 Å². The Morgan fingerprint density at radius 2 is 2.29 bits per heavy atom. The molecule has 0 atom stereocenters. The normalized spacial score (nSPS) is 14.5. The Morgan fingerprint density at radius 1 is 1.50 bits per heavy atom. The van der Waals surface area contributed by atoms with Crippen molar-refractivity contribution < 1.29 is 4.74 Å². The predicted octanol–water partition coefficient (Wildman–Crippen LogP) is 1.79. The number of ether oxygens (including phenoxy) is 1. The molecule has 0 fully saturated rings. The summed E-state index contributed by atoms with van der Waals surface area (Å²) in [6.45, 7) is 4.23. The number of hydrogen-bond donors (Lipinski definition) is 1. The summed E-state index contributed by atoms with van der Waals surface area (Å²) in [5.74, 6) is 0. The maximum Gasteiger partial charge on any atom is 0.0899 e. The lowest BCUT2D eigenvalue weighted by atomic mass is 10.1. The van der Waals surface area contributed by atoms with Crippen molar-refractivity contribution in [1.29, 1.82) is 0 Å². The molecule has 1 aliphatic heterocycles. The van der Waals surface area contributed by atoms with Crippen LogP contribution in [0.2, 0.25) is 5.02 Å². The molecule has 4 heteroatoms. The molecule has 0 unspecified atom stereocenters. The molecule has 0 spiro atoms. The second-order valence-corrected chi connectivity index (χ2v) is 3.84. The Kier molecular flexibility index (Phi) is 2.72. The molecule has 0 amide bonds. The van der Waals surface area contributed by atoms with Gasteiger partial charge in [-0.2, -0.15) is 0 Å². The van der Waals surface area contributed by atoms with E-state index >= 15 is 0 Å². The lowest BCUT2D eigenvalue weighted by molar-refractivity contribution is 0.181. The van der Waals surface area contributed by atoms with Gasteiger partial charge in [-0.15, -0.1) is 0 Å². The second-order valence-electron chi connectivity index (χ2n) is 3.46. The van der Waals surface area contributed by atoms with Crippen LogP contribution in [0.5, 0.6) is 0 Å². The molecule has 0 bridgehead atoms. The molecule has 1 aromatic rings. The number of halogens is 1. The Balaban J connectivity index is 2.49. The third-order valence-electron chi connectivity index (χ3n) is 2.53. The fourth-order valence-electron chi connectivity index (χ4n) is 1.76. The number of pyridine rings is 1. The van der Waals surface area contributed by atoms with Gasteiger partial charge in [-0.1, -0.05) is 11.6 Å². The highest BCUT2D eigenvalue weighted by atomic mass is 35.5. The molecule has 0 radical (unpaired) electrons. The molecule has 2 heterocycles. The number of rotatable bonds is 2. The summed E-state index contributed by atoms with van der Waals surface area (Å²) in [6, 6.07) is 0. The van der Waals surface area contributed by atoms with E-state index in [9.17, 15) is 0 Å². The van der Waals surface area contributed by atoms with Crippen LogP contribution >= 0.6 is 11.6 Å². The Hall–Kier alpha value is -0.640. The molecule has 1 aliphatic rings. The Morgan fingerprint density at radius 3 is 3.00 bits per heavy atom. The maximum absolute atomic E-state index is 6.19. The summed E-state index contributed by atoms with van der Waals surface area (Å²) in [6.07, 6.45) is 0. The third kappa shape index (κ3) is 1.52. The first kappa shape index (κ1) is 9.90. The third-order valence-corrected chi connectivity index (χ3v) is 3.03. The van der Waals surface area contributed by atoms with E-state index < -0.39 is 0 Å². The van der Waals surface area contributed by atoms with Crippen molar-refractivity contribution in [2.24, 2.45) is 0 Å². The summed E-state index contributed by atoms with van der Waals surface area (Å²) in [5, 5.41) is 4.01. The number of nitrogens with zero attached hydrogens (tertiary/aromatic N) is 1. The highest BCUT2D eigenvalue weighted by molar-refractivity contribution is 6.32. The van der Waals surface area contributed by atoms with Gasteiger partial charge in [0.25, 0.3) is 0 Å². The lowest BCUT2D eigenvalue weighted by Crippen LogP contribution is -2.02. The number of nitrogens with one attached hydrogen (secondary N) is 1. The molecule has 0 saturated heterocycles. The SMILES string of the molecule is COCc1nc2c(c(C)c1Cl)CNC2. The molecule has 0 saturated carbocycles. The summed E-state index contributed by atoms with van der Waals surface area (Å²) >= 11 is 6.19. The van der Waals surface area contributed by atoms with Gasteiger partial charge < -0.3 is 10.1 Å². The number of fused-ring (bicyclic) bond motifs is 1. The fourth-order valence-corrected chi connectivity index (χ4v) is 1.97. The smallest absolute Gasteiger partial charge is 0.0899 e. The van der Waals surface area contributed by atoms with Crippen LogP contribution in [0, 0.1) is 6.92 Å². The molecule has 2 rings (SSSR count). The van der Waals surface area contributed by atoms with Crippen molar-refractivity contribution >= 4 is 11.6 Å². The molecule has 14 heavy (non-hydrogen) atoms. The molecular formula is C10H13ClN2O. The maximum atomic E-state index is 6.19. The van der Waals surface area contributed by atoms with Crippen molar-refractivity contribution in [1.82, 2.24) is 10.3 Å². The van der Waals surface area contributed by atoms with Crippen LogP contribution in [0.1, 0.15) is 22.5 Å². The number of hydrogen-bond acceptors (Lipinski definition) is 3. The molecule has 1 aromatic heterocycles. The van der Waals surface area contributed by atoms with Gasteiger partial charge in [0, 0.05) is 20.2 Å². The van der Waals surface area contributed by atoms with E-state index in [1.807, 2.05) is 6.92 Å². The zero-order valence-electron chi connectivity index (χ0n) is 8.35. The monoisotopic (exact) mass is 212 g/mol. The van der Waals surface area contributed by atoms with E-state index in [0.717, 1.165) is 35.1 Å². The van der Waals surface area contributed by atoms with Crippen molar-refractivity contribution in [2.75, 3.05) is 7.11 Å². The second kappa shape index (κ2) is 3.85. The molecule has 0 aromatic carbocycles. The van der Waals surface area contributed by atoms with Gasteiger partial charge in [0.05, 0.1) is 23.0 Å². The van der Waals surface area contributed by atoms with Crippen molar-refractivity contribution in [3.8, 4) is 0 Å². The van der Waals surface area contributed by atoms with E-state index in [4.69, 9.17) is 16.3 Å². The van der Waals surface area contributed by atoms with E-state index in [1.54, 1.807) is 7.11 Å². The van der Waals surface area contributed by atoms with Crippen LogP contribution in [0.25, 0.3) is 0 Å². The average Bonchev–Trinajstić information content (AvgIpc) is 2.62. The highest BCUT2D eigenvalue weighted by Crippen LogP contribution is 2.27. The van der Waals surface area contributed by atoms with E-state index in [-0.39, 0.29) is 0 Å². The van der Waals surface area contributed by atoms with Crippen LogP contribution in [-0.4, -0.2) is 12.1 Å².